The fourth-order valence-electron chi connectivity index (χ4n) is 1.08. The van der Waals surface area contributed by atoms with Gasteiger partial charge in [0.2, 0.25) is 11.8 Å². The van der Waals surface area contributed by atoms with Gasteiger partial charge in [-0.25, -0.2) is 13.8 Å². The molecule has 0 aliphatic heterocycles. The van der Waals surface area contributed by atoms with Crippen LogP contribution < -0.4 is 10.1 Å². The summed E-state index contributed by atoms with van der Waals surface area (Å²) in [6, 6.07) is 1.53. The predicted molar refractivity (Wildman–Crippen MR) is 57.0 cm³/mol. The van der Waals surface area contributed by atoms with Gasteiger partial charge in [-0.05, 0) is 13.3 Å². The Morgan fingerprint density at radius 3 is 2.81 bits per heavy atom. The van der Waals surface area contributed by atoms with Crippen molar-refractivity contribution in [2.24, 2.45) is 0 Å². The van der Waals surface area contributed by atoms with Crippen molar-refractivity contribution in [1.29, 1.82) is 0 Å². The van der Waals surface area contributed by atoms with Crippen molar-refractivity contribution in [3.8, 4) is 5.88 Å². The van der Waals surface area contributed by atoms with Gasteiger partial charge in [-0.1, -0.05) is 6.92 Å². The lowest BCUT2D eigenvalue weighted by Gasteiger charge is -2.08. The highest BCUT2D eigenvalue weighted by atomic mass is 19.3. The summed E-state index contributed by atoms with van der Waals surface area (Å²) in [6.07, 6.45) is -1.56. The van der Waals surface area contributed by atoms with Gasteiger partial charge < -0.3 is 10.1 Å². The van der Waals surface area contributed by atoms with Crippen LogP contribution in [-0.4, -0.2) is 29.5 Å². The maximum atomic E-state index is 11.9. The van der Waals surface area contributed by atoms with Crippen molar-refractivity contribution in [1.82, 2.24) is 9.97 Å². The molecule has 0 bridgehead atoms. The van der Waals surface area contributed by atoms with E-state index in [4.69, 9.17) is 4.74 Å². The van der Waals surface area contributed by atoms with Crippen LogP contribution in [0.4, 0.5) is 14.7 Å². The zero-order valence-corrected chi connectivity index (χ0v) is 9.33. The molecule has 0 spiro atoms. The van der Waals surface area contributed by atoms with Crippen LogP contribution in [0.25, 0.3) is 0 Å². The van der Waals surface area contributed by atoms with Crippen molar-refractivity contribution in [2.45, 2.75) is 26.7 Å². The molecule has 0 fully saturated rings. The summed E-state index contributed by atoms with van der Waals surface area (Å²) in [7, 11) is 0. The number of aryl methyl sites for hydroxylation is 1. The van der Waals surface area contributed by atoms with Gasteiger partial charge >= 0.3 is 0 Å². The molecule has 0 atom stereocenters. The first-order valence-electron chi connectivity index (χ1n) is 5.12. The molecule has 0 saturated carbocycles. The molecule has 0 aliphatic carbocycles. The van der Waals surface area contributed by atoms with Crippen LogP contribution in [0.3, 0.4) is 0 Å². The molecule has 90 valence electrons. The smallest absolute Gasteiger partial charge is 0.272 e. The highest BCUT2D eigenvalue weighted by molar-refractivity contribution is 5.30. The van der Waals surface area contributed by atoms with E-state index in [1.54, 1.807) is 6.92 Å². The maximum absolute atomic E-state index is 11.9. The van der Waals surface area contributed by atoms with E-state index in [0.717, 1.165) is 13.0 Å². The second kappa shape index (κ2) is 6.19. The Hall–Kier alpha value is -1.46. The van der Waals surface area contributed by atoms with Gasteiger partial charge in [0.1, 0.15) is 0 Å². The molecular weight excluding hydrogens is 216 g/mol. The molecule has 0 aliphatic rings. The molecule has 0 saturated heterocycles. The zero-order chi connectivity index (χ0) is 12.0. The van der Waals surface area contributed by atoms with Crippen molar-refractivity contribution >= 4 is 5.95 Å². The maximum Gasteiger partial charge on any atom is 0.272 e. The first-order chi connectivity index (χ1) is 7.61. The summed E-state index contributed by atoms with van der Waals surface area (Å²) < 4.78 is 28.7. The van der Waals surface area contributed by atoms with Crippen molar-refractivity contribution in [3.63, 3.8) is 0 Å². The number of rotatable bonds is 6. The topological polar surface area (TPSA) is 47.0 Å². The van der Waals surface area contributed by atoms with Crippen LogP contribution >= 0.6 is 0 Å². The van der Waals surface area contributed by atoms with E-state index < -0.39 is 13.0 Å². The number of nitrogens with zero attached hydrogens (tertiary/aromatic N) is 2. The molecule has 0 unspecified atom stereocenters. The highest BCUT2D eigenvalue weighted by Gasteiger charge is 2.06. The molecule has 1 aromatic rings. The van der Waals surface area contributed by atoms with Crippen LogP contribution in [0, 0.1) is 6.92 Å². The predicted octanol–water partition coefficient (Wildman–Crippen LogP) is 2.25. The summed E-state index contributed by atoms with van der Waals surface area (Å²) in [5.74, 6) is 0.581. The molecule has 4 nitrogen and oxygen atoms in total. The summed E-state index contributed by atoms with van der Waals surface area (Å²) in [6.45, 7) is 3.85. The Labute approximate surface area is 93.1 Å². The first-order valence-corrected chi connectivity index (χ1v) is 5.12. The average molecular weight is 231 g/mol. The van der Waals surface area contributed by atoms with Crippen molar-refractivity contribution in [2.75, 3.05) is 18.5 Å². The number of hydrogen-bond donors (Lipinski definition) is 1. The second-order valence-corrected chi connectivity index (χ2v) is 3.30. The van der Waals surface area contributed by atoms with Gasteiger partial charge in [-0.2, -0.15) is 4.98 Å². The van der Waals surface area contributed by atoms with Crippen LogP contribution in [0.1, 0.15) is 19.0 Å². The normalized spacial score (nSPS) is 10.6. The molecule has 0 aromatic carbocycles. The molecule has 1 N–H and O–H groups in total. The number of hydrogen-bond acceptors (Lipinski definition) is 4. The third-order valence-corrected chi connectivity index (χ3v) is 1.72. The SMILES string of the molecule is CCCNc1nc(C)cc(OCC(F)F)n1. The Morgan fingerprint density at radius 1 is 1.44 bits per heavy atom. The van der Waals surface area contributed by atoms with E-state index in [1.807, 2.05) is 6.92 Å². The van der Waals surface area contributed by atoms with E-state index >= 15 is 0 Å². The molecule has 0 amide bonds. The molecule has 1 aromatic heterocycles. The van der Waals surface area contributed by atoms with Crippen molar-refractivity contribution in [3.05, 3.63) is 11.8 Å². The number of halogens is 2. The summed E-state index contributed by atoms with van der Waals surface area (Å²) in [4.78, 5) is 8.07. The number of aromatic nitrogens is 2. The number of anilines is 1. The van der Waals surface area contributed by atoms with E-state index in [1.165, 1.54) is 6.07 Å². The molecule has 1 heterocycles. The van der Waals surface area contributed by atoms with E-state index in [9.17, 15) is 8.78 Å². The van der Waals surface area contributed by atoms with Gasteiger partial charge in [0.05, 0.1) is 0 Å². The van der Waals surface area contributed by atoms with Crippen LogP contribution in [0.5, 0.6) is 5.88 Å². The fraction of sp³-hybridized carbons (Fsp3) is 0.600. The summed E-state index contributed by atoms with van der Waals surface area (Å²) in [5, 5.41) is 2.97. The minimum atomic E-state index is -2.50. The van der Waals surface area contributed by atoms with Crippen LogP contribution in [-0.2, 0) is 0 Å². The lowest BCUT2D eigenvalue weighted by Crippen LogP contribution is -2.10. The van der Waals surface area contributed by atoms with E-state index in [2.05, 4.69) is 15.3 Å². The highest BCUT2D eigenvalue weighted by Crippen LogP contribution is 2.12. The van der Waals surface area contributed by atoms with Gasteiger partial charge in [-0.15, -0.1) is 0 Å². The molecular formula is C10H15F2N3O. The molecule has 6 heteroatoms. The average Bonchev–Trinajstić information content (AvgIpc) is 2.23. The van der Waals surface area contributed by atoms with Crippen LogP contribution in [0.15, 0.2) is 6.07 Å². The van der Waals surface area contributed by atoms with Crippen LogP contribution in [0.2, 0.25) is 0 Å². The lowest BCUT2D eigenvalue weighted by molar-refractivity contribution is 0.0795. The second-order valence-electron chi connectivity index (χ2n) is 3.30. The minimum Gasteiger partial charge on any atom is -0.471 e. The lowest BCUT2D eigenvalue weighted by atomic mass is 10.4. The zero-order valence-electron chi connectivity index (χ0n) is 9.33. The minimum absolute atomic E-state index is 0.173. The Balaban J connectivity index is 2.65. The third-order valence-electron chi connectivity index (χ3n) is 1.72. The third kappa shape index (κ3) is 4.37. The quantitative estimate of drug-likeness (QED) is 0.815. The molecule has 0 radical (unpaired) electrons. The van der Waals surface area contributed by atoms with E-state index in [0.29, 0.717) is 11.6 Å². The van der Waals surface area contributed by atoms with Gasteiger partial charge in [0.15, 0.2) is 6.61 Å². The summed E-state index contributed by atoms with van der Waals surface area (Å²) in [5.41, 5.74) is 0.679. The van der Waals surface area contributed by atoms with Gasteiger partial charge in [0.25, 0.3) is 6.43 Å². The van der Waals surface area contributed by atoms with Gasteiger partial charge in [-0.3, -0.25) is 0 Å². The standard InChI is InChI=1S/C10H15F2N3O/c1-3-4-13-10-14-7(2)5-9(15-10)16-6-8(11)12/h5,8H,3-4,6H2,1-2H3,(H,13,14,15). The Bertz CT molecular complexity index is 334. The largest absolute Gasteiger partial charge is 0.471 e. The molecule has 1 rings (SSSR count). The fourth-order valence-corrected chi connectivity index (χ4v) is 1.08. The number of alkyl halides is 2. The number of ether oxygens (including phenoxy) is 1. The van der Waals surface area contributed by atoms with Gasteiger partial charge in [0, 0.05) is 18.3 Å². The monoisotopic (exact) mass is 231 g/mol. The Morgan fingerprint density at radius 2 is 2.19 bits per heavy atom. The van der Waals surface area contributed by atoms with E-state index in [-0.39, 0.29) is 5.88 Å². The Kier molecular flexibility index (Phi) is 4.88. The number of nitrogens with one attached hydrogen (secondary N) is 1. The first kappa shape index (κ1) is 12.6. The van der Waals surface area contributed by atoms with Crippen molar-refractivity contribution < 1.29 is 13.5 Å². The summed E-state index contributed by atoms with van der Waals surface area (Å²) >= 11 is 0. The molecule has 16 heavy (non-hydrogen) atoms.